The van der Waals surface area contributed by atoms with Crippen molar-refractivity contribution < 1.29 is 14.9 Å². The number of fused-ring (bicyclic) bond motifs is 1. The number of nitrogens with one attached hydrogen (secondary N) is 1. The van der Waals surface area contributed by atoms with Crippen LogP contribution in [0.25, 0.3) is 0 Å². The Kier molecular flexibility index (Phi) is 3.90. The second-order valence-electron chi connectivity index (χ2n) is 5.34. The number of benzene rings is 1. The summed E-state index contributed by atoms with van der Waals surface area (Å²) in [6.45, 7) is 4.50. The predicted octanol–water partition coefficient (Wildman–Crippen LogP) is 1.09. The average molecular weight is 251 g/mol. The molecule has 0 amide bonds. The van der Waals surface area contributed by atoms with Gasteiger partial charge in [0.25, 0.3) is 0 Å². The summed E-state index contributed by atoms with van der Waals surface area (Å²) >= 11 is 0. The molecule has 0 bridgehead atoms. The monoisotopic (exact) mass is 251 g/mol. The van der Waals surface area contributed by atoms with Crippen molar-refractivity contribution in [2.24, 2.45) is 5.92 Å². The molecule has 3 unspecified atom stereocenters. The highest BCUT2D eigenvalue weighted by Gasteiger charge is 2.29. The van der Waals surface area contributed by atoms with E-state index in [1.54, 1.807) is 6.92 Å². The standard InChI is InChI=1S/C14H21NO3/c1-10-7-18-12-6-4-3-5-11(12)13(10)15-8-14(2,17)9-16/h3-6,10,13,15-17H,7-9H2,1-2H3. The molecule has 2 rings (SSSR count). The Morgan fingerprint density at radius 3 is 2.89 bits per heavy atom. The SMILES string of the molecule is CC1COc2ccccc2C1NCC(C)(O)CO. The molecule has 0 fully saturated rings. The van der Waals surface area contributed by atoms with E-state index in [1.165, 1.54) is 0 Å². The van der Waals surface area contributed by atoms with Gasteiger partial charge in [0.1, 0.15) is 5.75 Å². The molecule has 3 atom stereocenters. The third-order valence-electron chi connectivity index (χ3n) is 3.37. The Morgan fingerprint density at radius 1 is 1.44 bits per heavy atom. The minimum absolute atomic E-state index is 0.146. The van der Waals surface area contributed by atoms with Gasteiger partial charge in [0.15, 0.2) is 0 Å². The number of aliphatic hydroxyl groups excluding tert-OH is 1. The van der Waals surface area contributed by atoms with E-state index in [0.29, 0.717) is 19.1 Å². The molecule has 1 aromatic carbocycles. The normalized spacial score (nSPS) is 26.0. The van der Waals surface area contributed by atoms with Crippen molar-refractivity contribution in [1.29, 1.82) is 0 Å². The van der Waals surface area contributed by atoms with Gasteiger partial charge in [-0.2, -0.15) is 0 Å². The van der Waals surface area contributed by atoms with Crippen molar-refractivity contribution in [3.05, 3.63) is 29.8 Å². The fourth-order valence-electron chi connectivity index (χ4n) is 2.19. The molecule has 1 aliphatic rings. The maximum absolute atomic E-state index is 9.84. The Labute approximate surface area is 108 Å². The van der Waals surface area contributed by atoms with Crippen molar-refractivity contribution >= 4 is 0 Å². The van der Waals surface area contributed by atoms with Gasteiger partial charge in [-0.05, 0) is 13.0 Å². The minimum atomic E-state index is -1.09. The van der Waals surface area contributed by atoms with Crippen molar-refractivity contribution in [2.75, 3.05) is 19.8 Å². The van der Waals surface area contributed by atoms with Gasteiger partial charge in [-0.25, -0.2) is 0 Å². The van der Waals surface area contributed by atoms with E-state index in [4.69, 9.17) is 9.84 Å². The van der Waals surface area contributed by atoms with Crippen LogP contribution in [-0.2, 0) is 0 Å². The van der Waals surface area contributed by atoms with E-state index in [0.717, 1.165) is 11.3 Å². The summed E-state index contributed by atoms with van der Waals surface area (Å²) in [5.74, 6) is 1.23. The van der Waals surface area contributed by atoms with Gasteiger partial charge in [-0.3, -0.25) is 0 Å². The molecule has 0 radical (unpaired) electrons. The minimum Gasteiger partial charge on any atom is -0.493 e. The molecule has 100 valence electrons. The van der Waals surface area contributed by atoms with Crippen LogP contribution in [0.3, 0.4) is 0 Å². The molecule has 4 heteroatoms. The van der Waals surface area contributed by atoms with Crippen LogP contribution >= 0.6 is 0 Å². The van der Waals surface area contributed by atoms with Crippen molar-refractivity contribution in [1.82, 2.24) is 5.32 Å². The highest BCUT2D eigenvalue weighted by molar-refractivity contribution is 5.37. The first-order valence-electron chi connectivity index (χ1n) is 6.32. The van der Waals surface area contributed by atoms with E-state index >= 15 is 0 Å². The fourth-order valence-corrected chi connectivity index (χ4v) is 2.19. The number of ether oxygens (including phenoxy) is 1. The molecule has 1 heterocycles. The van der Waals surface area contributed by atoms with Gasteiger partial charge in [0, 0.05) is 24.1 Å². The van der Waals surface area contributed by atoms with Crippen LogP contribution in [-0.4, -0.2) is 35.6 Å². The third kappa shape index (κ3) is 2.83. The number of hydrogen-bond acceptors (Lipinski definition) is 4. The van der Waals surface area contributed by atoms with Crippen molar-refractivity contribution in [2.45, 2.75) is 25.5 Å². The van der Waals surface area contributed by atoms with Gasteiger partial charge >= 0.3 is 0 Å². The van der Waals surface area contributed by atoms with Crippen LogP contribution in [0.2, 0.25) is 0 Å². The summed E-state index contributed by atoms with van der Waals surface area (Å²) in [5, 5.41) is 22.2. The van der Waals surface area contributed by atoms with Crippen LogP contribution in [0, 0.1) is 5.92 Å². The van der Waals surface area contributed by atoms with E-state index in [9.17, 15) is 5.11 Å². The van der Waals surface area contributed by atoms with Crippen molar-refractivity contribution in [3.8, 4) is 5.75 Å². The molecule has 1 aromatic rings. The summed E-state index contributed by atoms with van der Waals surface area (Å²) in [5.41, 5.74) is 0.0254. The summed E-state index contributed by atoms with van der Waals surface area (Å²) < 4.78 is 5.67. The van der Waals surface area contributed by atoms with Gasteiger partial charge in [0.05, 0.1) is 18.8 Å². The maximum atomic E-state index is 9.84. The number of hydrogen-bond donors (Lipinski definition) is 3. The van der Waals surface area contributed by atoms with Crippen molar-refractivity contribution in [3.63, 3.8) is 0 Å². The Hall–Kier alpha value is -1.10. The first-order chi connectivity index (χ1) is 8.53. The van der Waals surface area contributed by atoms with Crippen LogP contribution in [0.4, 0.5) is 0 Å². The molecule has 0 saturated heterocycles. The largest absolute Gasteiger partial charge is 0.493 e. The van der Waals surface area contributed by atoms with Gasteiger partial charge in [0.2, 0.25) is 0 Å². The van der Waals surface area contributed by atoms with Gasteiger partial charge in [-0.1, -0.05) is 25.1 Å². The first-order valence-corrected chi connectivity index (χ1v) is 6.32. The second kappa shape index (κ2) is 5.26. The zero-order valence-electron chi connectivity index (χ0n) is 10.9. The zero-order valence-corrected chi connectivity index (χ0v) is 10.9. The molecule has 4 nitrogen and oxygen atoms in total. The quantitative estimate of drug-likeness (QED) is 0.749. The Balaban J connectivity index is 2.12. The van der Waals surface area contributed by atoms with E-state index in [2.05, 4.69) is 12.2 Å². The summed E-state index contributed by atoms with van der Waals surface area (Å²) in [6.07, 6.45) is 0. The molecule has 3 N–H and O–H groups in total. The zero-order chi connectivity index (χ0) is 13.2. The molecule has 1 aliphatic heterocycles. The van der Waals surface area contributed by atoms with Gasteiger partial charge in [-0.15, -0.1) is 0 Å². The number of para-hydroxylation sites is 1. The maximum Gasteiger partial charge on any atom is 0.124 e. The topological polar surface area (TPSA) is 61.7 Å². The highest BCUT2D eigenvalue weighted by atomic mass is 16.5. The van der Waals surface area contributed by atoms with Gasteiger partial charge < -0.3 is 20.3 Å². The lowest BCUT2D eigenvalue weighted by molar-refractivity contribution is -0.00205. The van der Waals surface area contributed by atoms with E-state index in [-0.39, 0.29) is 12.6 Å². The molecular formula is C14H21NO3. The lowest BCUT2D eigenvalue weighted by Crippen LogP contribution is -2.45. The molecule has 0 aliphatic carbocycles. The first kappa shape index (κ1) is 13.3. The smallest absolute Gasteiger partial charge is 0.124 e. The molecule has 0 spiro atoms. The number of rotatable bonds is 4. The lowest BCUT2D eigenvalue weighted by atomic mass is 9.91. The Bertz CT molecular complexity index is 406. The van der Waals surface area contributed by atoms with Crippen LogP contribution in [0.1, 0.15) is 25.5 Å². The Morgan fingerprint density at radius 2 is 2.17 bits per heavy atom. The second-order valence-corrected chi connectivity index (χ2v) is 5.34. The van der Waals surface area contributed by atoms with Crippen LogP contribution in [0.5, 0.6) is 5.75 Å². The third-order valence-corrected chi connectivity index (χ3v) is 3.37. The van der Waals surface area contributed by atoms with Crippen LogP contribution in [0.15, 0.2) is 24.3 Å². The predicted molar refractivity (Wildman–Crippen MR) is 69.6 cm³/mol. The lowest BCUT2D eigenvalue weighted by Gasteiger charge is -2.34. The molecule has 0 saturated carbocycles. The molecule has 18 heavy (non-hydrogen) atoms. The van der Waals surface area contributed by atoms with E-state index in [1.807, 2.05) is 24.3 Å². The highest BCUT2D eigenvalue weighted by Crippen LogP contribution is 2.34. The summed E-state index contributed by atoms with van der Waals surface area (Å²) in [7, 11) is 0. The fraction of sp³-hybridized carbons (Fsp3) is 0.571. The summed E-state index contributed by atoms with van der Waals surface area (Å²) in [4.78, 5) is 0. The summed E-state index contributed by atoms with van der Waals surface area (Å²) in [6, 6.07) is 8.08. The number of aliphatic hydroxyl groups is 2. The van der Waals surface area contributed by atoms with E-state index < -0.39 is 5.60 Å². The molecule has 0 aromatic heterocycles. The average Bonchev–Trinajstić information content (AvgIpc) is 2.37. The molecular weight excluding hydrogens is 230 g/mol. The van der Waals surface area contributed by atoms with Crippen LogP contribution < -0.4 is 10.1 Å².